The molecule has 1 heterocycles. The molecule has 2 N–H and O–H groups in total. The van der Waals surface area contributed by atoms with E-state index in [4.69, 9.17) is 9.15 Å². The van der Waals surface area contributed by atoms with Gasteiger partial charge in [-0.15, -0.1) is 0 Å². The largest absolute Gasteiger partial charge is 0.497 e. The number of carbonyl (C=O) groups is 2. The first-order chi connectivity index (χ1) is 18.0. The number of hydrogen-bond acceptors (Lipinski definition) is 5. The molecular formula is C30H33N3O4. The van der Waals surface area contributed by atoms with Crippen molar-refractivity contribution < 1.29 is 18.7 Å². The number of furan rings is 1. The van der Waals surface area contributed by atoms with Crippen LogP contribution in [0.3, 0.4) is 0 Å². The van der Waals surface area contributed by atoms with Gasteiger partial charge in [-0.25, -0.2) is 0 Å². The zero-order chi connectivity index (χ0) is 26.2. The molecule has 0 aliphatic rings. The number of amides is 2. The topological polar surface area (TPSA) is 83.8 Å². The van der Waals surface area contributed by atoms with Gasteiger partial charge in [0, 0.05) is 17.6 Å². The Morgan fingerprint density at radius 3 is 2.41 bits per heavy atom. The quantitative estimate of drug-likeness (QED) is 0.287. The number of nitrogens with one attached hydrogen (secondary N) is 2. The Morgan fingerprint density at radius 1 is 0.946 bits per heavy atom. The molecule has 3 aromatic carbocycles. The molecule has 37 heavy (non-hydrogen) atoms. The molecule has 2 amide bonds. The van der Waals surface area contributed by atoms with Gasteiger partial charge in [0.25, 0.3) is 5.91 Å². The van der Waals surface area contributed by atoms with Crippen LogP contribution in [0.1, 0.15) is 41.6 Å². The SMILES string of the molecule is CCN(CC)C(CNC(=O)Cc1ccc(NC(=O)c2cc3ccccc3o2)cc1)c1cccc(OC)c1. The van der Waals surface area contributed by atoms with Crippen LogP contribution in [0.25, 0.3) is 11.0 Å². The lowest BCUT2D eigenvalue weighted by Crippen LogP contribution is -2.38. The van der Waals surface area contributed by atoms with Crippen LogP contribution in [0.15, 0.2) is 83.3 Å². The van der Waals surface area contributed by atoms with Gasteiger partial charge in [0.05, 0.1) is 19.6 Å². The number of para-hydroxylation sites is 1. The summed E-state index contributed by atoms with van der Waals surface area (Å²) in [7, 11) is 1.66. The molecule has 0 fully saturated rings. The molecule has 0 radical (unpaired) electrons. The molecule has 4 rings (SSSR count). The lowest BCUT2D eigenvalue weighted by molar-refractivity contribution is -0.120. The Morgan fingerprint density at radius 2 is 1.70 bits per heavy atom. The van der Waals surface area contributed by atoms with Gasteiger partial charge in [0.1, 0.15) is 11.3 Å². The maximum absolute atomic E-state index is 12.8. The number of methoxy groups -OCH3 is 1. The molecule has 0 saturated carbocycles. The van der Waals surface area contributed by atoms with Gasteiger partial charge in [-0.05, 0) is 60.6 Å². The number of carbonyl (C=O) groups excluding carboxylic acids is 2. The van der Waals surface area contributed by atoms with Crippen molar-refractivity contribution in [2.24, 2.45) is 0 Å². The lowest BCUT2D eigenvalue weighted by atomic mass is 10.0. The van der Waals surface area contributed by atoms with Crippen molar-refractivity contribution in [3.8, 4) is 5.75 Å². The third-order valence-electron chi connectivity index (χ3n) is 6.45. The Labute approximate surface area is 217 Å². The van der Waals surface area contributed by atoms with E-state index < -0.39 is 0 Å². The first-order valence-electron chi connectivity index (χ1n) is 12.5. The molecule has 192 valence electrons. The maximum Gasteiger partial charge on any atom is 0.291 e. The van der Waals surface area contributed by atoms with Crippen LogP contribution < -0.4 is 15.4 Å². The number of fused-ring (bicyclic) bond motifs is 1. The van der Waals surface area contributed by atoms with E-state index in [0.29, 0.717) is 17.8 Å². The average Bonchev–Trinajstić information content (AvgIpc) is 3.37. The van der Waals surface area contributed by atoms with Crippen LogP contribution >= 0.6 is 0 Å². The Hall–Kier alpha value is -4.10. The Bertz CT molecular complexity index is 1310. The molecule has 7 heteroatoms. The third kappa shape index (κ3) is 6.57. The van der Waals surface area contributed by atoms with Gasteiger partial charge in [-0.1, -0.05) is 56.3 Å². The van der Waals surface area contributed by atoms with Crippen molar-refractivity contribution in [2.75, 3.05) is 32.1 Å². The van der Waals surface area contributed by atoms with E-state index in [-0.39, 0.29) is 30.0 Å². The van der Waals surface area contributed by atoms with Crippen molar-refractivity contribution >= 4 is 28.5 Å². The fraction of sp³-hybridized carbons (Fsp3) is 0.267. The van der Waals surface area contributed by atoms with Gasteiger partial charge in [0.15, 0.2) is 5.76 Å². The summed E-state index contributed by atoms with van der Waals surface area (Å²) in [5.74, 6) is 0.678. The normalized spacial score (nSPS) is 11.9. The second-order valence-electron chi connectivity index (χ2n) is 8.79. The molecule has 4 aromatic rings. The van der Waals surface area contributed by atoms with E-state index in [9.17, 15) is 9.59 Å². The highest BCUT2D eigenvalue weighted by molar-refractivity contribution is 6.04. The highest BCUT2D eigenvalue weighted by Crippen LogP contribution is 2.24. The monoisotopic (exact) mass is 499 g/mol. The molecule has 0 bridgehead atoms. The van der Waals surface area contributed by atoms with Gasteiger partial charge >= 0.3 is 0 Å². The van der Waals surface area contributed by atoms with Crippen LogP contribution in [-0.2, 0) is 11.2 Å². The van der Waals surface area contributed by atoms with E-state index in [1.54, 1.807) is 25.3 Å². The summed E-state index contributed by atoms with van der Waals surface area (Å²) in [6, 6.07) is 24.5. The summed E-state index contributed by atoms with van der Waals surface area (Å²) in [6.07, 6.45) is 0.251. The Kier molecular flexibility index (Phi) is 8.59. The highest BCUT2D eigenvalue weighted by atomic mass is 16.5. The molecule has 1 atom stereocenters. The predicted molar refractivity (Wildman–Crippen MR) is 146 cm³/mol. The molecule has 7 nitrogen and oxygen atoms in total. The van der Waals surface area contributed by atoms with E-state index in [2.05, 4.69) is 35.4 Å². The van der Waals surface area contributed by atoms with Crippen LogP contribution in [-0.4, -0.2) is 43.5 Å². The standard InChI is InChI=1S/C30H33N3O4/c1-4-33(5-2)26(22-10-8-11-25(18-22)36-3)20-31-29(34)17-21-13-15-24(16-14-21)32-30(35)28-19-23-9-6-7-12-27(23)37-28/h6-16,18-19,26H,4-5,17,20H2,1-3H3,(H,31,34)(H,32,35). The summed E-state index contributed by atoms with van der Waals surface area (Å²) in [5, 5.41) is 6.82. The fourth-order valence-electron chi connectivity index (χ4n) is 4.42. The maximum atomic E-state index is 12.8. The Balaban J connectivity index is 1.34. The number of nitrogens with zero attached hydrogens (tertiary/aromatic N) is 1. The van der Waals surface area contributed by atoms with Crippen molar-refractivity contribution in [3.05, 3.63) is 95.7 Å². The molecule has 0 aliphatic heterocycles. The van der Waals surface area contributed by atoms with E-state index in [0.717, 1.165) is 35.4 Å². The molecule has 0 spiro atoms. The summed E-state index contributed by atoms with van der Waals surface area (Å²) < 4.78 is 11.0. The van der Waals surface area contributed by atoms with Crippen molar-refractivity contribution in [1.29, 1.82) is 0 Å². The highest BCUT2D eigenvalue weighted by Gasteiger charge is 2.20. The molecule has 1 unspecified atom stereocenters. The number of likely N-dealkylation sites (N-methyl/N-ethyl adjacent to an activating group) is 1. The van der Waals surface area contributed by atoms with E-state index in [1.165, 1.54) is 0 Å². The minimum Gasteiger partial charge on any atom is -0.497 e. The van der Waals surface area contributed by atoms with Crippen LogP contribution in [0.2, 0.25) is 0 Å². The second kappa shape index (κ2) is 12.2. The second-order valence-corrected chi connectivity index (χ2v) is 8.79. The average molecular weight is 500 g/mol. The van der Waals surface area contributed by atoms with Gasteiger partial charge in [-0.2, -0.15) is 0 Å². The van der Waals surface area contributed by atoms with Crippen molar-refractivity contribution in [2.45, 2.75) is 26.3 Å². The minimum absolute atomic E-state index is 0.0462. The summed E-state index contributed by atoms with van der Waals surface area (Å²) in [5.41, 5.74) is 3.27. The molecule has 0 saturated heterocycles. The smallest absolute Gasteiger partial charge is 0.291 e. The van der Waals surface area contributed by atoms with Gasteiger partial charge in [-0.3, -0.25) is 14.5 Å². The van der Waals surface area contributed by atoms with Gasteiger partial charge < -0.3 is 19.8 Å². The summed E-state index contributed by atoms with van der Waals surface area (Å²) >= 11 is 0. The lowest BCUT2D eigenvalue weighted by Gasteiger charge is -2.30. The number of ether oxygens (including phenoxy) is 1. The van der Waals surface area contributed by atoms with E-state index in [1.807, 2.05) is 54.6 Å². The molecule has 0 aliphatic carbocycles. The number of hydrogen-bond donors (Lipinski definition) is 2. The number of anilines is 1. The molecular weight excluding hydrogens is 466 g/mol. The zero-order valence-electron chi connectivity index (χ0n) is 21.5. The number of benzene rings is 3. The number of rotatable bonds is 11. The van der Waals surface area contributed by atoms with Crippen LogP contribution in [0, 0.1) is 0 Å². The van der Waals surface area contributed by atoms with E-state index >= 15 is 0 Å². The summed E-state index contributed by atoms with van der Waals surface area (Å²) in [4.78, 5) is 27.7. The first-order valence-corrected chi connectivity index (χ1v) is 12.5. The predicted octanol–water partition coefficient (Wildman–Crippen LogP) is 5.44. The van der Waals surface area contributed by atoms with Gasteiger partial charge in [0.2, 0.25) is 5.91 Å². The van der Waals surface area contributed by atoms with Crippen molar-refractivity contribution in [3.63, 3.8) is 0 Å². The zero-order valence-corrected chi connectivity index (χ0v) is 21.5. The fourth-order valence-corrected chi connectivity index (χ4v) is 4.42. The first kappa shape index (κ1) is 26.0. The van der Waals surface area contributed by atoms with Crippen LogP contribution in [0.5, 0.6) is 5.75 Å². The van der Waals surface area contributed by atoms with Crippen molar-refractivity contribution in [1.82, 2.24) is 10.2 Å². The molecule has 1 aromatic heterocycles. The van der Waals surface area contributed by atoms with Crippen LogP contribution in [0.4, 0.5) is 5.69 Å². The third-order valence-corrected chi connectivity index (χ3v) is 6.45. The minimum atomic E-state index is -0.318. The summed E-state index contributed by atoms with van der Waals surface area (Å²) in [6.45, 7) is 6.48.